The Labute approximate surface area is 132 Å². The molecule has 118 valence electrons. The fraction of sp³-hybridized carbons (Fsp3) is 0.333. The van der Waals surface area contributed by atoms with E-state index in [9.17, 15) is 4.79 Å². The largest absolute Gasteiger partial charge is 0.355 e. The summed E-state index contributed by atoms with van der Waals surface area (Å²) < 4.78 is 1.66. The van der Waals surface area contributed by atoms with Gasteiger partial charge in [-0.25, -0.2) is 4.98 Å². The highest BCUT2D eigenvalue weighted by atomic mass is 16.2. The lowest BCUT2D eigenvalue weighted by Crippen LogP contribution is -2.30. The molecule has 0 aromatic carbocycles. The second-order valence-corrected chi connectivity index (χ2v) is 5.81. The summed E-state index contributed by atoms with van der Waals surface area (Å²) in [6.07, 6.45) is 5.80. The van der Waals surface area contributed by atoms with E-state index in [4.69, 9.17) is 0 Å². The number of rotatable bonds is 3. The van der Waals surface area contributed by atoms with Gasteiger partial charge in [0, 0.05) is 44.0 Å². The molecule has 0 fully saturated rings. The summed E-state index contributed by atoms with van der Waals surface area (Å²) in [7, 11) is 1.96. The number of hydrogen-bond acceptors (Lipinski definition) is 6. The van der Waals surface area contributed by atoms with Crippen molar-refractivity contribution < 1.29 is 4.79 Å². The van der Waals surface area contributed by atoms with Crippen molar-refractivity contribution >= 4 is 28.7 Å². The summed E-state index contributed by atoms with van der Waals surface area (Å²) in [5, 5.41) is 9.91. The summed E-state index contributed by atoms with van der Waals surface area (Å²) in [4.78, 5) is 23.5. The van der Waals surface area contributed by atoms with Gasteiger partial charge in [-0.05, 0) is 13.0 Å². The van der Waals surface area contributed by atoms with E-state index in [1.807, 2.05) is 31.1 Å². The van der Waals surface area contributed by atoms with Gasteiger partial charge < -0.3 is 10.2 Å². The van der Waals surface area contributed by atoms with Gasteiger partial charge in [-0.1, -0.05) is 0 Å². The lowest BCUT2D eigenvalue weighted by atomic mass is 10.2. The average Bonchev–Trinajstić information content (AvgIpc) is 3.18. The minimum absolute atomic E-state index is 0.0702. The molecular formula is C15H17N7O. The third-order valence-corrected chi connectivity index (χ3v) is 4.25. The van der Waals surface area contributed by atoms with Crippen molar-refractivity contribution in [2.75, 3.05) is 17.3 Å². The van der Waals surface area contributed by atoms with Gasteiger partial charge >= 0.3 is 0 Å². The molecule has 0 saturated heterocycles. The molecule has 1 unspecified atom stereocenters. The molecule has 23 heavy (non-hydrogen) atoms. The van der Waals surface area contributed by atoms with Gasteiger partial charge in [-0.15, -0.1) is 0 Å². The van der Waals surface area contributed by atoms with Crippen LogP contribution in [-0.4, -0.2) is 43.7 Å². The molecule has 0 aliphatic carbocycles. The van der Waals surface area contributed by atoms with E-state index < -0.39 is 0 Å². The summed E-state index contributed by atoms with van der Waals surface area (Å²) in [6, 6.07) is 1.94. The molecule has 0 radical (unpaired) electrons. The first-order chi connectivity index (χ1) is 11.1. The van der Waals surface area contributed by atoms with Crippen LogP contribution in [0.3, 0.4) is 0 Å². The standard InChI is InChI=1S/C15H17N7O/c1-9-5-12(23)22-4-3-11-13(22)14(21(9)2)20-15(19-11)16-6-10-7-17-18-8-10/h3-4,7-9H,5-6H2,1-2H3,(H,17,18)(H,16,19,20). The number of hydrogen-bond donors (Lipinski definition) is 2. The van der Waals surface area contributed by atoms with Crippen molar-refractivity contribution in [2.45, 2.75) is 25.9 Å². The van der Waals surface area contributed by atoms with E-state index >= 15 is 0 Å². The molecule has 3 aromatic heterocycles. The Balaban J connectivity index is 1.77. The van der Waals surface area contributed by atoms with Crippen LogP contribution >= 0.6 is 0 Å². The van der Waals surface area contributed by atoms with Crippen LogP contribution < -0.4 is 10.2 Å². The normalized spacial score (nSPS) is 17.6. The third-order valence-electron chi connectivity index (χ3n) is 4.25. The van der Waals surface area contributed by atoms with Crippen molar-refractivity contribution in [3.63, 3.8) is 0 Å². The molecule has 8 nitrogen and oxygen atoms in total. The number of H-pyrrole nitrogens is 1. The predicted molar refractivity (Wildman–Crippen MR) is 86.6 cm³/mol. The maximum atomic E-state index is 12.3. The quantitative estimate of drug-likeness (QED) is 0.764. The molecule has 4 heterocycles. The lowest BCUT2D eigenvalue weighted by Gasteiger charge is -2.23. The van der Waals surface area contributed by atoms with Crippen molar-refractivity contribution in [1.29, 1.82) is 0 Å². The van der Waals surface area contributed by atoms with Gasteiger partial charge in [0.2, 0.25) is 11.9 Å². The zero-order chi connectivity index (χ0) is 16.0. The topological polar surface area (TPSA) is 91.7 Å². The second-order valence-electron chi connectivity index (χ2n) is 5.81. The van der Waals surface area contributed by atoms with Crippen LogP contribution in [0.25, 0.3) is 11.0 Å². The molecule has 0 saturated carbocycles. The van der Waals surface area contributed by atoms with E-state index in [2.05, 4.69) is 25.5 Å². The highest BCUT2D eigenvalue weighted by Crippen LogP contribution is 2.30. The fourth-order valence-electron chi connectivity index (χ4n) is 2.81. The van der Waals surface area contributed by atoms with E-state index in [1.165, 1.54) is 0 Å². The van der Waals surface area contributed by atoms with Crippen LogP contribution in [0.5, 0.6) is 0 Å². The summed E-state index contributed by atoms with van der Waals surface area (Å²) in [5.74, 6) is 1.38. The Morgan fingerprint density at radius 2 is 2.30 bits per heavy atom. The minimum atomic E-state index is 0.0702. The minimum Gasteiger partial charge on any atom is -0.355 e. The zero-order valence-corrected chi connectivity index (χ0v) is 12.9. The average molecular weight is 311 g/mol. The van der Waals surface area contributed by atoms with Crippen LogP contribution in [0.2, 0.25) is 0 Å². The number of carbonyl (C=O) groups excluding carboxylic acids is 1. The summed E-state index contributed by atoms with van der Waals surface area (Å²) >= 11 is 0. The smallest absolute Gasteiger partial charge is 0.233 e. The second kappa shape index (κ2) is 5.08. The molecule has 2 N–H and O–H groups in total. The van der Waals surface area contributed by atoms with Crippen molar-refractivity contribution in [3.05, 3.63) is 30.2 Å². The monoisotopic (exact) mass is 311 g/mol. The number of carbonyl (C=O) groups is 1. The molecule has 0 spiro atoms. The Morgan fingerprint density at radius 3 is 3.09 bits per heavy atom. The van der Waals surface area contributed by atoms with Gasteiger partial charge in [0.15, 0.2) is 5.82 Å². The van der Waals surface area contributed by atoms with Gasteiger partial charge in [0.05, 0.1) is 11.7 Å². The molecule has 0 bridgehead atoms. The third kappa shape index (κ3) is 2.23. The number of nitrogens with one attached hydrogen (secondary N) is 2. The Morgan fingerprint density at radius 1 is 1.43 bits per heavy atom. The van der Waals surface area contributed by atoms with Crippen molar-refractivity contribution in [2.24, 2.45) is 0 Å². The molecule has 1 atom stereocenters. The van der Waals surface area contributed by atoms with E-state index in [1.54, 1.807) is 17.0 Å². The fourth-order valence-corrected chi connectivity index (χ4v) is 2.81. The number of nitrogens with zero attached hydrogens (tertiary/aromatic N) is 5. The number of aromatic amines is 1. The molecule has 1 aliphatic heterocycles. The van der Waals surface area contributed by atoms with E-state index in [0.29, 0.717) is 18.9 Å². The van der Waals surface area contributed by atoms with Gasteiger partial charge in [0.1, 0.15) is 5.52 Å². The van der Waals surface area contributed by atoms with Gasteiger partial charge in [-0.3, -0.25) is 14.5 Å². The Hall–Kier alpha value is -2.90. The van der Waals surface area contributed by atoms with Gasteiger partial charge in [0.25, 0.3) is 0 Å². The number of aromatic nitrogens is 5. The SMILES string of the molecule is CC1CC(=O)n2ccc3nc(NCc4cn[nH]c4)nc(c32)N1C. The highest BCUT2D eigenvalue weighted by molar-refractivity contribution is 5.98. The van der Waals surface area contributed by atoms with Crippen LogP contribution in [-0.2, 0) is 6.54 Å². The maximum Gasteiger partial charge on any atom is 0.233 e. The number of anilines is 2. The molecular weight excluding hydrogens is 294 g/mol. The Bertz CT molecular complexity index is 867. The lowest BCUT2D eigenvalue weighted by molar-refractivity contribution is 0.0903. The predicted octanol–water partition coefficient (Wildman–Crippen LogP) is 1.64. The molecule has 0 amide bonds. The maximum absolute atomic E-state index is 12.3. The first kappa shape index (κ1) is 13.7. The Kier molecular flexibility index (Phi) is 3.03. The van der Waals surface area contributed by atoms with Crippen LogP contribution in [0.4, 0.5) is 11.8 Å². The van der Waals surface area contributed by atoms with Crippen molar-refractivity contribution in [1.82, 2.24) is 24.7 Å². The first-order valence-corrected chi connectivity index (χ1v) is 7.50. The van der Waals surface area contributed by atoms with Crippen LogP contribution in [0.15, 0.2) is 24.7 Å². The van der Waals surface area contributed by atoms with Crippen molar-refractivity contribution in [3.8, 4) is 0 Å². The summed E-state index contributed by atoms with van der Waals surface area (Å²) in [6.45, 7) is 2.61. The molecule has 4 rings (SSSR count). The molecule has 8 heteroatoms. The zero-order valence-electron chi connectivity index (χ0n) is 12.9. The van der Waals surface area contributed by atoms with E-state index in [0.717, 1.165) is 22.4 Å². The molecule has 1 aliphatic rings. The van der Waals surface area contributed by atoms with Crippen LogP contribution in [0, 0.1) is 0 Å². The van der Waals surface area contributed by atoms with Crippen LogP contribution in [0.1, 0.15) is 23.7 Å². The van der Waals surface area contributed by atoms with Gasteiger partial charge in [-0.2, -0.15) is 10.1 Å². The van der Waals surface area contributed by atoms with E-state index in [-0.39, 0.29) is 11.9 Å². The first-order valence-electron chi connectivity index (χ1n) is 7.50. The summed E-state index contributed by atoms with van der Waals surface area (Å²) in [5.41, 5.74) is 2.56. The highest BCUT2D eigenvalue weighted by Gasteiger charge is 2.27. The molecule has 3 aromatic rings.